The summed E-state index contributed by atoms with van der Waals surface area (Å²) in [4.78, 5) is 2.25. The van der Waals surface area contributed by atoms with E-state index in [2.05, 4.69) is 35.0 Å². The van der Waals surface area contributed by atoms with Crippen LogP contribution in [0.4, 0.5) is 5.95 Å². The van der Waals surface area contributed by atoms with Crippen LogP contribution in [0.2, 0.25) is 0 Å². The van der Waals surface area contributed by atoms with Gasteiger partial charge in [0.15, 0.2) is 5.16 Å². The first kappa shape index (κ1) is 20.4. The summed E-state index contributed by atoms with van der Waals surface area (Å²) < 4.78 is 19.2. The van der Waals surface area contributed by atoms with Crippen molar-refractivity contribution in [2.75, 3.05) is 31.2 Å². The van der Waals surface area contributed by atoms with Crippen LogP contribution >= 0.6 is 11.8 Å². The zero-order valence-electron chi connectivity index (χ0n) is 18.2. The Hall–Kier alpha value is -3.18. The molecule has 1 saturated carbocycles. The molecule has 0 amide bonds. The van der Waals surface area contributed by atoms with Crippen molar-refractivity contribution >= 4 is 17.7 Å². The third-order valence-corrected chi connectivity index (χ3v) is 6.70. The molecule has 0 bridgehead atoms. The van der Waals surface area contributed by atoms with Crippen LogP contribution in [0.25, 0.3) is 22.7 Å². The number of hydrogen-bond acceptors (Lipinski definition) is 10. The third-order valence-electron chi connectivity index (χ3n) is 5.77. The largest absolute Gasteiger partial charge is 0.420 e. The Balaban J connectivity index is 1.22. The van der Waals surface area contributed by atoms with E-state index in [1.54, 1.807) is 11.8 Å². The van der Waals surface area contributed by atoms with E-state index in [9.17, 15) is 0 Å². The summed E-state index contributed by atoms with van der Waals surface area (Å²) in [5.74, 6) is 3.00. The lowest BCUT2D eigenvalue weighted by Crippen LogP contribution is -2.38. The first-order valence-corrected chi connectivity index (χ1v) is 12.0. The summed E-state index contributed by atoms with van der Waals surface area (Å²) in [5, 5.41) is 22.6. The van der Waals surface area contributed by atoms with E-state index in [1.165, 1.54) is 0 Å². The molecule has 0 radical (unpaired) electrons. The average molecular weight is 466 g/mol. The van der Waals surface area contributed by atoms with Crippen molar-refractivity contribution < 1.29 is 13.7 Å². The van der Waals surface area contributed by atoms with Gasteiger partial charge < -0.3 is 18.6 Å². The predicted octanol–water partition coefficient (Wildman–Crippen LogP) is 3.76. The maximum atomic E-state index is 6.00. The monoisotopic (exact) mass is 465 g/mol. The molecule has 0 atom stereocenters. The normalized spacial score (nSPS) is 16.5. The second-order valence-electron chi connectivity index (χ2n) is 8.10. The third kappa shape index (κ3) is 4.02. The average Bonchev–Trinajstić information content (AvgIpc) is 3.26. The second kappa shape index (κ2) is 8.64. The minimum Gasteiger partial charge on any atom is -0.420 e. The Morgan fingerprint density at radius 1 is 1.03 bits per heavy atom. The van der Waals surface area contributed by atoms with Crippen LogP contribution in [0.1, 0.15) is 30.5 Å². The molecule has 3 aromatic heterocycles. The quantitative estimate of drug-likeness (QED) is 0.374. The number of aryl methyl sites for hydroxylation is 1. The molecular formula is C22H23N7O3S. The van der Waals surface area contributed by atoms with Crippen LogP contribution in [0.3, 0.4) is 0 Å². The van der Waals surface area contributed by atoms with Crippen molar-refractivity contribution in [2.45, 2.75) is 36.7 Å². The van der Waals surface area contributed by atoms with Crippen molar-refractivity contribution in [3.63, 3.8) is 0 Å². The molecular weight excluding hydrogens is 442 g/mol. The van der Waals surface area contributed by atoms with Gasteiger partial charge in [-0.15, -0.1) is 20.4 Å². The molecule has 1 aliphatic heterocycles. The first-order valence-electron chi connectivity index (χ1n) is 11.0. The Morgan fingerprint density at radius 3 is 2.64 bits per heavy atom. The summed E-state index contributed by atoms with van der Waals surface area (Å²) in [6.45, 7) is 4.96. The van der Waals surface area contributed by atoms with Gasteiger partial charge in [0.05, 0.1) is 19.0 Å². The summed E-state index contributed by atoms with van der Waals surface area (Å²) in [6.07, 6.45) is 2.31. The van der Waals surface area contributed by atoms with Gasteiger partial charge in [0.2, 0.25) is 11.8 Å². The van der Waals surface area contributed by atoms with Crippen LogP contribution in [-0.4, -0.2) is 56.4 Å². The van der Waals surface area contributed by atoms with E-state index in [4.69, 9.17) is 13.7 Å². The number of benzene rings is 1. The molecule has 1 saturated heterocycles. The predicted molar refractivity (Wildman–Crippen MR) is 121 cm³/mol. The van der Waals surface area contributed by atoms with Crippen LogP contribution < -0.4 is 4.90 Å². The molecule has 11 heteroatoms. The SMILES string of the molecule is Cc1onc(-c2ccccc2)c1-c1nnc(CSc2nnc(N3CCOCC3)n2C2CC2)o1. The first-order chi connectivity index (χ1) is 16.3. The molecule has 4 heterocycles. The van der Waals surface area contributed by atoms with Gasteiger partial charge in [-0.25, -0.2) is 0 Å². The van der Waals surface area contributed by atoms with E-state index in [0.717, 1.165) is 61.4 Å². The highest BCUT2D eigenvalue weighted by Crippen LogP contribution is 2.41. The molecule has 1 aromatic carbocycles. The number of thioether (sulfide) groups is 1. The Bertz CT molecular complexity index is 1240. The van der Waals surface area contributed by atoms with E-state index in [-0.39, 0.29) is 0 Å². The zero-order valence-corrected chi connectivity index (χ0v) is 19.0. The minimum atomic E-state index is 0.404. The molecule has 0 spiro atoms. The Morgan fingerprint density at radius 2 is 1.85 bits per heavy atom. The van der Waals surface area contributed by atoms with E-state index >= 15 is 0 Å². The Kier molecular flexibility index (Phi) is 5.35. The van der Waals surface area contributed by atoms with Crippen LogP contribution in [-0.2, 0) is 10.5 Å². The fraction of sp³-hybridized carbons (Fsp3) is 0.409. The maximum Gasteiger partial charge on any atom is 0.253 e. The molecule has 6 rings (SSSR count). The topological polar surface area (TPSA) is 108 Å². The van der Waals surface area contributed by atoms with Gasteiger partial charge in [0.1, 0.15) is 17.0 Å². The van der Waals surface area contributed by atoms with Crippen molar-refractivity contribution in [3.8, 4) is 22.7 Å². The van der Waals surface area contributed by atoms with Gasteiger partial charge in [0.25, 0.3) is 5.89 Å². The smallest absolute Gasteiger partial charge is 0.253 e. The van der Waals surface area contributed by atoms with Crippen molar-refractivity contribution in [3.05, 3.63) is 42.0 Å². The summed E-state index contributed by atoms with van der Waals surface area (Å²) in [7, 11) is 0. The van der Waals surface area contributed by atoms with Crippen LogP contribution in [0, 0.1) is 6.92 Å². The number of nitrogens with zero attached hydrogens (tertiary/aromatic N) is 7. The molecule has 1 aliphatic carbocycles. The molecule has 10 nitrogen and oxygen atoms in total. The highest BCUT2D eigenvalue weighted by molar-refractivity contribution is 7.98. The fourth-order valence-corrected chi connectivity index (χ4v) is 4.79. The lowest BCUT2D eigenvalue weighted by Gasteiger charge is -2.27. The molecule has 170 valence electrons. The lowest BCUT2D eigenvalue weighted by atomic mass is 10.1. The van der Waals surface area contributed by atoms with Gasteiger partial charge in [-0.2, -0.15) is 0 Å². The maximum absolute atomic E-state index is 6.00. The number of ether oxygens (including phenoxy) is 1. The number of morpholine rings is 1. The van der Waals surface area contributed by atoms with Gasteiger partial charge in [-0.1, -0.05) is 47.3 Å². The summed E-state index contributed by atoms with van der Waals surface area (Å²) in [6, 6.07) is 10.3. The molecule has 4 aromatic rings. The fourth-order valence-electron chi connectivity index (χ4n) is 3.96. The molecule has 2 fully saturated rings. The van der Waals surface area contributed by atoms with Crippen molar-refractivity contribution in [1.29, 1.82) is 0 Å². The molecule has 2 aliphatic rings. The second-order valence-corrected chi connectivity index (χ2v) is 9.04. The van der Waals surface area contributed by atoms with Gasteiger partial charge >= 0.3 is 0 Å². The molecule has 0 N–H and O–H groups in total. The van der Waals surface area contributed by atoms with E-state index < -0.39 is 0 Å². The summed E-state index contributed by atoms with van der Waals surface area (Å²) in [5.41, 5.74) is 2.35. The zero-order chi connectivity index (χ0) is 22.2. The van der Waals surface area contributed by atoms with Crippen LogP contribution in [0.5, 0.6) is 0 Å². The minimum absolute atomic E-state index is 0.404. The molecule has 33 heavy (non-hydrogen) atoms. The summed E-state index contributed by atoms with van der Waals surface area (Å²) >= 11 is 1.56. The van der Waals surface area contributed by atoms with Gasteiger partial charge in [0, 0.05) is 24.7 Å². The van der Waals surface area contributed by atoms with Crippen LogP contribution in [0.15, 0.2) is 44.4 Å². The number of hydrogen-bond donors (Lipinski definition) is 0. The van der Waals surface area contributed by atoms with Crippen molar-refractivity contribution in [2.24, 2.45) is 0 Å². The number of aromatic nitrogens is 6. The van der Waals surface area contributed by atoms with Gasteiger partial charge in [-0.05, 0) is 19.8 Å². The van der Waals surface area contributed by atoms with E-state index in [0.29, 0.717) is 35.0 Å². The molecule has 0 unspecified atom stereocenters. The standard InChI is InChI=1S/C22H23N7O3S/c1-14-18(19(27-32-14)15-5-3-2-4-6-15)20-24-23-17(31-20)13-33-22-26-25-21(29(22)16-7-8-16)28-9-11-30-12-10-28/h2-6,16H,7-13H2,1H3. The van der Waals surface area contributed by atoms with Gasteiger partial charge in [-0.3, -0.25) is 4.57 Å². The lowest BCUT2D eigenvalue weighted by molar-refractivity contribution is 0.121. The highest BCUT2D eigenvalue weighted by Gasteiger charge is 2.32. The highest BCUT2D eigenvalue weighted by atomic mass is 32.2. The Labute approximate surface area is 194 Å². The van der Waals surface area contributed by atoms with Crippen molar-refractivity contribution in [1.82, 2.24) is 30.1 Å². The number of rotatable bonds is 7. The van der Waals surface area contributed by atoms with E-state index in [1.807, 2.05) is 37.3 Å². The number of anilines is 1.